The van der Waals surface area contributed by atoms with Crippen molar-refractivity contribution in [2.45, 2.75) is 19.3 Å². The van der Waals surface area contributed by atoms with Gasteiger partial charge in [-0.2, -0.15) is 0 Å². The monoisotopic (exact) mass is 328 g/mol. The van der Waals surface area contributed by atoms with Gasteiger partial charge in [-0.1, -0.05) is 0 Å². The van der Waals surface area contributed by atoms with Gasteiger partial charge in [0, 0.05) is 17.5 Å². The van der Waals surface area contributed by atoms with Crippen LogP contribution in [0.25, 0.3) is 0 Å². The molecule has 1 aromatic heterocycles. The molecule has 1 aliphatic carbocycles. The molecule has 2 heterocycles. The summed E-state index contributed by atoms with van der Waals surface area (Å²) in [6, 6.07) is 5.20. The van der Waals surface area contributed by atoms with Gasteiger partial charge in [-0.05, 0) is 43.0 Å². The summed E-state index contributed by atoms with van der Waals surface area (Å²) >= 11 is 1.52. The summed E-state index contributed by atoms with van der Waals surface area (Å²) < 4.78 is 5.40. The fourth-order valence-corrected chi connectivity index (χ4v) is 4.39. The Morgan fingerprint density at radius 3 is 3.00 bits per heavy atom. The standard InChI is InChI=1S/C17H16N2O3S/c1-19-11-7-9(5-6-12(11)22-8-14(19)20)16(21)15-10-3-2-4-13(10)23-17(15)18/h5-7H,2-4,8,18H2,1H3. The summed E-state index contributed by atoms with van der Waals surface area (Å²) in [6.45, 7) is 0.0295. The molecule has 0 radical (unpaired) electrons. The van der Waals surface area contributed by atoms with Crippen molar-refractivity contribution in [3.63, 3.8) is 0 Å². The second kappa shape index (κ2) is 5.09. The quantitative estimate of drug-likeness (QED) is 0.859. The van der Waals surface area contributed by atoms with E-state index in [1.165, 1.54) is 21.1 Å². The van der Waals surface area contributed by atoms with E-state index in [1.54, 1.807) is 25.2 Å². The molecule has 23 heavy (non-hydrogen) atoms. The minimum absolute atomic E-state index is 0.0295. The highest BCUT2D eigenvalue weighted by atomic mass is 32.1. The first-order valence-electron chi connectivity index (χ1n) is 7.54. The number of ketones is 1. The maximum Gasteiger partial charge on any atom is 0.264 e. The van der Waals surface area contributed by atoms with Crippen LogP contribution in [-0.4, -0.2) is 25.3 Å². The fraction of sp³-hybridized carbons (Fsp3) is 0.294. The molecule has 0 saturated carbocycles. The van der Waals surface area contributed by atoms with Crippen LogP contribution in [0, 0.1) is 0 Å². The van der Waals surface area contributed by atoms with Crippen LogP contribution in [0.1, 0.15) is 32.8 Å². The number of anilines is 2. The molecular formula is C17H16N2O3S. The number of hydrogen-bond donors (Lipinski definition) is 1. The highest BCUT2D eigenvalue weighted by Gasteiger charge is 2.28. The maximum atomic E-state index is 12.9. The Morgan fingerprint density at radius 2 is 2.17 bits per heavy atom. The molecule has 0 bridgehead atoms. The minimum atomic E-state index is -0.127. The van der Waals surface area contributed by atoms with Gasteiger partial charge in [0.15, 0.2) is 12.4 Å². The number of ether oxygens (including phenoxy) is 1. The summed E-state index contributed by atoms with van der Waals surface area (Å²) in [5.41, 5.74) is 9.00. The number of carbonyl (C=O) groups is 2. The van der Waals surface area contributed by atoms with Gasteiger partial charge < -0.3 is 15.4 Å². The van der Waals surface area contributed by atoms with E-state index < -0.39 is 0 Å². The average Bonchev–Trinajstić information content (AvgIpc) is 3.10. The molecule has 1 aliphatic heterocycles. The highest BCUT2D eigenvalue weighted by Crippen LogP contribution is 2.39. The summed E-state index contributed by atoms with van der Waals surface area (Å²) in [4.78, 5) is 27.5. The van der Waals surface area contributed by atoms with Crippen molar-refractivity contribution < 1.29 is 14.3 Å². The van der Waals surface area contributed by atoms with Crippen LogP contribution in [0.2, 0.25) is 0 Å². The molecule has 1 aromatic carbocycles. The number of fused-ring (bicyclic) bond motifs is 2. The van der Waals surface area contributed by atoms with E-state index >= 15 is 0 Å². The number of hydrogen-bond acceptors (Lipinski definition) is 5. The van der Waals surface area contributed by atoms with Crippen LogP contribution >= 0.6 is 11.3 Å². The van der Waals surface area contributed by atoms with Crippen LogP contribution in [0.4, 0.5) is 10.7 Å². The largest absolute Gasteiger partial charge is 0.482 e. The van der Waals surface area contributed by atoms with Crippen molar-refractivity contribution in [2.24, 2.45) is 0 Å². The van der Waals surface area contributed by atoms with E-state index in [2.05, 4.69) is 0 Å². The SMILES string of the molecule is CN1C(=O)COc2ccc(C(=O)c3c(N)sc4c3CCC4)cc21. The van der Waals surface area contributed by atoms with Gasteiger partial charge >= 0.3 is 0 Å². The van der Waals surface area contributed by atoms with Gasteiger partial charge in [0.25, 0.3) is 5.91 Å². The molecule has 6 heteroatoms. The van der Waals surface area contributed by atoms with Crippen LogP contribution < -0.4 is 15.4 Å². The van der Waals surface area contributed by atoms with Gasteiger partial charge in [0.2, 0.25) is 0 Å². The van der Waals surface area contributed by atoms with Crippen molar-refractivity contribution >= 4 is 33.7 Å². The van der Waals surface area contributed by atoms with Crippen molar-refractivity contribution in [2.75, 3.05) is 24.3 Å². The predicted molar refractivity (Wildman–Crippen MR) is 89.5 cm³/mol. The van der Waals surface area contributed by atoms with E-state index in [0.717, 1.165) is 24.8 Å². The first-order valence-corrected chi connectivity index (χ1v) is 8.36. The summed E-state index contributed by atoms with van der Waals surface area (Å²) in [7, 11) is 1.69. The number of nitrogens with two attached hydrogens (primary N) is 1. The number of amides is 1. The predicted octanol–water partition coefficient (Wildman–Crippen LogP) is 2.41. The van der Waals surface area contributed by atoms with Crippen LogP contribution in [0.15, 0.2) is 18.2 Å². The Kier molecular flexibility index (Phi) is 3.16. The first-order chi connectivity index (χ1) is 11.1. The zero-order valence-corrected chi connectivity index (χ0v) is 13.5. The smallest absolute Gasteiger partial charge is 0.264 e. The number of thiophene rings is 1. The maximum absolute atomic E-state index is 12.9. The third-order valence-corrected chi connectivity index (χ3v) is 5.60. The number of benzene rings is 1. The van der Waals surface area contributed by atoms with E-state index in [-0.39, 0.29) is 18.3 Å². The Morgan fingerprint density at radius 1 is 1.35 bits per heavy atom. The molecule has 2 aliphatic rings. The molecule has 2 aromatic rings. The van der Waals surface area contributed by atoms with Crippen molar-refractivity contribution in [3.8, 4) is 5.75 Å². The van der Waals surface area contributed by atoms with Gasteiger partial charge in [-0.15, -0.1) is 11.3 Å². The third-order valence-electron chi connectivity index (χ3n) is 4.48. The Hall–Kier alpha value is -2.34. The number of nitrogen functional groups attached to an aromatic ring is 1. The second-order valence-corrected chi connectivity index (χ2v) is 6.99. The lowest BCUT2D eigenvalue weighted by atomic mass is 9.99. The van der Waals surface area contributed by atoms with Crippen LogP contribution in [-0.2, 0) is 17.6 Å². The summed E-state index contributed by atoms with van der Waals surface area (Å²) in [6.07, 6.45) is 3.00. The van der Waals surface area contributed by atoms with E-state index in [4.69, 9.17) is 10.5 Å². The van der Waals surface area contributed by atoms with E-state index in [9.17, 15) is 9.59 Å². The molecule has 1 amide bonds. The van der Waals surface area contributed by atoms with Crippen molar-refractivity contribution in [3.05, 3.63) is 39.8 Å². The number of nitrogens with zero attached hydrogens (tertiary/aromatic N) is 1. The molecule has 118 valence electrons. The molecule has 0 fully saturated rings. The van der Waals surface area contributed by atoms with E-state index in [1.807, 2.05) is 0 Å². The third kappa shape index (κ3) is 2.13. The van der Waals surface area contributed by atoms with Gasteiger partial charge in [-0.25, -0.2) is 0 Å². The first kappa shape index (κ1) is 14.3. The normalized spacial score (nSPS) is 16.0. The Bertz CT molecular complexity index is 841. The van der Waals surface area contributed by atoms with Gasteiger partial charge in [0.1, 0.15) is 5.75 Å². The number of likely N-dealkylation sites (N-methyl/N-ethyl adjacent to an activating group) is 1. The molecule has 0 unspecified atom stereocenters. The molecule has 5 nitrogen and oxygen atoms in total. The Labute approximate surface area is 137 Å². The minimum Gasteiger partial charge on any atom is -0.482 e. The van der Waals surface area contributed by atoms with Gasteiger partial charge in [0.05, 0.1) is 16.3 Å². The summed E-state index contributed by atoms with van der Waals surface area (Å²) in [5, 5.41) is 0.595. The molecule has 2 N–H and O–H groups in total. The van der Waals surface area contributed by atoms with Crippen molar-refractivity contribution in [1.82, 2.24) is 0 Å². The molecule has 4 rings (SSSR count). The summed E-state index contributed by atoms with van der Waals surface area (Å²) in [5.74, 6) is 0.418. The average molecular weight is 328 g/mol. The fourth-order valence-electron chi connectivity index (χ4n) is 3.23. The highest BCUT2D eigenvalue weighted by molar-refractivity contribution is 7.16. The van der Waals surface area contributed by atoms with E-state index in [0.29, 0.717) is 27.6 Å². The molecule has 0 atom stereocenters. The number of aryl methyl sites for hydroxylation is 1. The second-order valence-electron chi connectivity index (χ2n) is 5.85. The molecule has 0 saturated heterocycles. The van der Waals surface area contributed by atoms with Crippen LogP contribution in [0.5, 0.6) is 5.75 Å². The molecule has 0 spiro atoms. The number of carbonyl (C=O) groups excluding carboxylic acids is 2. The zero-order chi connectivity index (χ0) is 16.1. The zero-order valence-electron chi connectivity index (χ0n) is 12.7. The molecular weight excluding hydrogens is 312 g/mol. The van der Waals surface area contributed by atoms with Gasteiger partial charge in [-0.3, -0.25) is 9.59 Å². The Balaban J connectivity index is 1.77. The lowest BCUT2D eigenvalue weighted by Crippen LogP contribution is -2.35. The van der Waals surface area contributed by atoms with Crippen LogP contribution in [0.3, 0.4) is 0 Å². The van der Waals surface area contributed by atoms with Crippen molar-refractivity contribution in [1.29, 1.82) is 0 Å². The lowest BCUT2D eigenvalue weighted by Gasteiger charge is -2.26. The topological polar surface area (TPSA) is 72.6 Å². The number of rotatable bonds is 2. The lowest BCUT2D eigenvalue weighted by molar-refractivity contribution is -0.120.